The Bertz CT molecular complexity index is 935. The second-order valence-electron chi connectivity index (χ2n) is 6.90. The SMILES string of the molecule is COc1ccc(NC(=O)c2ccc(N3CCN(c4ccccc4)CC3)nc2)cc1. The molecule has 3 aromatic rings. The van der Waals surface area contributed by atoms with Crippen molar-refractivity contribution < 1.29 is 9.53 Å². The lowest BCUT2D eigenvalue weighted by molar-refractivity contribution is 0.102. The van der Waals surface area contributed by atoms with Gasteiger partial charge in [-0.3, -0.25) is 4.79 Å². The molecule has 2 heterocycles. The molecule has 0 aliphatic carbocycles. The number of ether oxygens (including phenoxy) is 1. The predicted molar refractivity (Wildman–Crippen MR) is 116 cm³/mol. The van der Waals surface area contributed by atoms with E-state index in [-0.39, 0.29) is 5.91 Å². The number of hydrogen-bond donors (Lipinski definition) is 1. The highest BCUT2D eigenvalue weighted by atomic mass is 16.5. The number of amides is 1. The molecule has 1 N–H and O–H groups in total. The molecule has 0 atom stereocenters. The summed E-state index contributed by atoms with van der Waals surface area (Å²) >= 11 is 0. The average Bonchev–Trinajstić information content (AvgIpc) is 2.80. The first-order chi connectivity index (χ1) is 14.2. The predicted octanol–water partition coefficient (Wildman–Crippen LogP) is 3.67. The molecule has 1 aliphatic rings. The Kier molecular flexibility index (Phi) is 5.61. The molecule has 1 aliphatic heterocycles. The smallest absolute Gasteiger partial charge is 0.257 e. The highest BCUT2D eigenvalue weighted by molar-refractivity contribution is 6.04. The van der Waals surface area contributed by atoms with E-state index in [0.29, 0.717) is 5.56 Å². The third-order valence-corrected chi connectivity index (χ3v) is 5.08. The number of carbonyl (C=O) groups excluding carboxylic acids is 1. The molecular formula is C23H24N4O2. The van der Waals surface area contributed by atoms with E-state index in [1.54, 1.807) is 13.3 Å². The molecule has 6 nitrogen and oxygen atoms in total. The van der Waals surface area contributed by atoms with Gasteiger partial charge >= 0.3 is 0 Å². The largest absolute Gasteiger partial charge is 0.497 e. The third kappa shape index (κ3) is 4.48. The van der Waals surface area contributed by atoms with Crippen LogP contribution < -0.4 is 19.9 Å². The fourth-order valence-electron chi connectivity index (χ4n) is 3.42. The zero-order valence-electron chi connectivity index (χ0n) is 16.4. The van der Waals surface area contributed by atoms with Gasteiger partial charge in [0.05, 0.1) is 12.7 Å². The van der Waals surface area contributed by atoms with E-state index < -0.39 is 0 Å². The Morgan fingerprint density at radius 1 is 0.897 bits per heavy atom. The molecule has 148 valence electrons. The number of hydrogen-bond acceptors (Lipinski definition) is 5. The van der Waals surface area contributed by atoms with Crippen LogP contribution in [0.4, 0.5) is 17.2 Å². The minimum absolute atomic E-state index is 0.178. The maximum absolute atomic E-state index is 12.5. The maximum Gasteiger partial charge on any atom is 0.257 e. The van der Waals surface area contributed by atoms with Crippen molar-refractivity contribution in [3.05, 3.63) is 78.5 Å². The minimum atomic E-state index is -0.178. The van der Waals surface area contributed by atoms with Gasteiger partial charge in [-0.25, -0.2) is 4.98 Å². The van der Waals surface area contributed by atoms with Crippen molar-refractivity contribution in [2.45, 2.75) is 0 Å². The summed E-state index contributed by atoms with van der Waals surface area (Å²) in [4.78, 5) is 21.6. The minimum Gasteiger partial charge on any atom is -0.497 e. The second-order valence-corrected chi connectivity index (χ2v) is 6.90. The Morgan fingerprint density at radius 3 is 2.21 bits per heavy atom. The fourth-order valence-corrected chi connectivity index (χ4v) is 3.42. The first kappa shape index (κ1) is 18.8. The number of benzene rings is 2. The molecule has 0 radical (unpaired) electrons. The van der Waals surface area contributed by atoms with Gasteiger partial charge in [0, 0.05) is 43.8 Å². The van der Waals surface area contributed by atoms with Crippen LogP contribution in [-0.2, 0) is 0 Å². The van der Waals surface area contributed by atoms with Crippen molar-refractivity contribution in [3.8, 4) is 5.75 Å². The van der Waals surface area contributed by atoms with Gasteiger partial charge in [-0.2, -0.15) is 0 Å². The summed E-state index contributed by atoms with van der Waals surface area (Å²) in [5.41, 5.74) is 2.51. The fraction of sp³-hybridized carbons (Fsp3) is 0.217. The molecule has 1 aromatic heterocycles. The van der Waals surface area contributed by atoms with Crippen molar-refractivity contribution in [2.75, 3.05) is 48.4 Å². The zero-order chi connectivity index (χ0) is 20.1. The first-order valence-corrected chi connectivity index (χ1v) is 9.69. The van der Waals surface area contributed by atoms with Crippen LogP contribution in [0.25, 0.3) is 0 Å². The Hall–Kier alpha value is -3.54. The number of rotatable bonds is 5. The standard InChI is InChI=1S/C23H24N4O2/c1-29-21-10-8-19(9-11-21)25-23(28)18-7-12-22(24-17-18)27-15-13-26(14-16-27)20-5-3-2-4-6-20/h2-12,17H,13-16H2,1H3,(H,25,28). The van der Waals surface area contributed by atoms with Crippen LogP contribution in [0.15, 0.2) is 72.9 Å². The number of aromatic nitrogens is 1. The molecule has 1 saturated heterocycles. The molecule has 0 bridgehead atoms. The van der Waals surface area contributed by atoms with Crippen molar-refractivity contribution in [1.29, 1.82) is 0 Å². The first-order valence-electron chi connectivity index (χ1n) is 9.69. The molecule has 29 heavy (non-hydrogen) atoms. The van der Waals surface area contributed by atoms with Gasteiger partial charge in [-0.1, -0.05) is 18.2 Å². The molecule has 0 saturated carbocycles. The molecule has 2 aromatic carbocycles. The van der Waals surface area contributed by atoms with Gasteiger partial charge in [-0.15, -0.1) is 0 Å². The quantitative estimate of drug-likeness (QED) is 0.723. The molecular weight excluding hydrogens is 364 g/mol. The van der Waals surface area contributed by atoms with Crippen LogP contribution >= 0.6 is 0 Å². The number of para-hydroxylation sites is 1. The van der Waals surface area contributed by atoms with Crippen LogP contribution in [0.5, 0.6) is 5.75 Å². The van der Waals surface area contributed by atoms with Gasteiger partial charge < -0.3 is 19.9 Å². The lowest BCUT2D eigenvalue weighted by atomic mass is 10.2. The van der Waals surface area contributed by atoms with Gasteiger partial charge in [-0.05, 0) is 48.5 Å². The van der Waals surface area contributed by atoms with Crippen LogP contribution in [0.3, 0.4) is 0 Å². The van der Waals surface area contributed by atoms with E-state index in [1.807, 2.05) is 42.5 Å². The van der Waals surface area contributed by atoms with Crippen LogP contribution in [-0.4, -0.2) is 44.2 Å². The third-order valence-electron chi connectivity index (χ3n) is 5.08. The summed E-state index contributed by atoms with van der Waals surface area (Å²) in [6.45, 7) is 3.70. The van der Waals surface area contributed by atoms with E-state index in [1.165, 1.54) is 5.69 Å². The van der Waals surface area contributed by atoms with Gasteiger partial charge in [0.15, 0.2) is 0 Å². The number of carbonyl (C=O) groups is 1. The molecule has 6 heteroatoms. The maximum atomic E-state index is 12.5. The van der Waals surface area contributed by atoms with Crippen LogP contribution in [0, 0.1) is 0 Å². The molecule has 1 amide bonds. The number of pyridine rings is 1. The van der Waals surface area contributed by atoms with Gasteiger partial charge in [0.1, 0.15) is 11.6 Å². The highest BCUT2D eigenvalue weighted by Crippen LogP contribution is 2.20. The summed E-state index contributed by atoms with van der Waals surface area (Å²) < 4.78 is 5.13. The Labute approximate surface area is 170 Å². The van der Waals surface area contributed by atoms with Crippen LogP contribution in [0.1, 0.15) is 10.4 Å². The molecule has 4 rings (SSSR count). The van der Waals surface area contributed by atoms with E-state index >= 15 is 0 Å². The van der Waals surface area contributed by atoms with Crippen molar-refractivity contribution in [3.63, 3.8) is 0 Å². The van der Waals surface area contributed by atoms with E-state index in [2.05, 4.69) is 44.4 Å². The Balaban J connectivity index is 1.34. The molecule has 1 fully saturated rings. The summed E-state index contributed by atoms with van der Waals surface area (Å²) in [5, 5.41) is 2.88. The number of nitrogens with zero attached hydrogens (tertiary/aromatic N) is 3. The number of nitrogens with one attached hydrogen (secondary N) is 1. The number of anilines is 3. The topological polar surface area (TPSA) is 57.7 Å². The van der Waals surface area contributed by atoms with Gasteiger partial charge in [0.25, 0.3) is 5.91 Å². The van der Waals surface area contributed by atoms with Crippen molar-refractivity contribution in [1.82, 2.24) is 4.98 Å². The molecule has 0 spiro atoms. The summed E-state index contributed by atoms with van der Waals surface area (Å²) in [7, 11) is 1.61. The summed E-state index contributed by atoms with van der Waals surface area (Å²) in [6, 6.07) is 21.4. The van der Waals surface area contributed by atoms with E-state index in [0.717, 1.165) is 43.4 Å². The lowest BCUT2D eigenvalue weighted by Gasteiger charge is -2.36. The van der Waals surface area contributed by atoms with E-state index in [4.69, 9.17) is 4.74 Å². The average molecular weight is 388 g/mol. The summed E-state index contributed by atoms with van der Waals surface area (Å²) in [5.74, 6) is 1.48. The number of methoxy groups -OCH3 is 1. The van der Waals surface area contributed by atoms with E-state index in [9.17, 15) is 4.79 Å². The van der Waals surface area contributed by atoms with Crippen molar-refractivity contribution in [2.24, 2.45) is 0 Å². The van der Waals surface area contributed by atoms with Crippen molar-refractivity contribution >= 4 is 23.1 Å². The lowest BCUT2D eigenvalue weighted by Crippen LogP contribution is -2.46. The normalized spacial score (nSPS) is 13.8. The summed E-state index contributed by atoms with van der Waals surface area (Å²) in [6.07, 6.45) is 1.64. The van der Waals surface area contributed by atoms with Crippen LogP contribution in [0.2, 0.25) is 0 Å². The second kappa shape index (κ2) is 8.65. The monoisotopic (exact) mass is 388 g/mol. The zero-order valence-corrected chi connectivity index (χ0v) is 16.4. The van der Waals surface area contributed by atoms with Gasteiger partial charge in [0.2, 0.25) is 0 Å². The number of piperazine rings is 1. The Morgan fingerprint density at radius 2 is 1.59 bits per heavy atom. The highest BCUT2D eigenvalue weighted by Gasteiger charge is 2.18. The molecule has 0 unspecified atom stereocenters.